The second-order valence-electron chi connectivity index (χ2n) is 10.3. The molecule has 9 heteroatoms. The number of benzene rings is 1. The molecule has 0 spiro atoms. The van der Waals surface area contributed by atoms with Crippen molar-refractivity contribution in [3.8, 4) is 0 Å². The Morgan fingerprint density at radius 3 is 2.40 bits per heavy atom. The summed E-state index contributed by atoms with van der Waals surface area (Å²) in [5.74, 6) is -0.588. The number of carbonyl (C=O) groups is 1. The van der Waals surface area contributed by atoms with Crippen molar-refractivity contribution in [3.05, 3.63) is 48.0 Å². The van der Waals surface area contributed by atoms with Crippen molar-refractivity contribution in [1.82, 2.24) is 0 Å². The smallest absolute Gasteiger partial charge is 0.303 e. The second kappa shape index (κ2) is 21.8. The minimum atomic E-state index is -0.777. The molecule has 9 nitrogen and oxygen atoms in total. The van der Waals surface area contributed by atoms with Crippen molar-refractivity contribution < 1.29 is 43.4 Å². The maximum Gasteiger partial charge on any atom is 0.303 e. The van der Waals surface area contributed by atoms with E-state index in [-0.39, 0.29) is 44.1 Å². The number of methoxy groups -OCH3 is 2. The predicted molar refractivity (Wildman–Crippen MR) is 152 cm³/mol. The Labute approximate surface area is 239 Å². The number of rotatable bonds is 24. The molecule has 0 aliphatic heterocycles. The van der Waals surface area contributed by atoms with Gasteiger partial charge in [0.2, 0.25) is 0 Å². The van der Waals surface area contributed by atoms with Gasteiger partial charge in [-0.05, 0) is 62.3 Å². The summed E-state index contributed by atoms with van der Waals surface area (Å²) >= 11 is 0. The first-order chi connectivity index (χ1) is 19.5. The average molecular weight is 567 g/mol. The Hall–Kier alpha value is -1.85. The highest BCUT2D eigenvalue weighted by Crippen LogP contribution is 2.40. The number of hydrogen-bond donors (Lipinski definition) is 2. The summed E-state index contributed by atoms with van der Waals surface area (Å²) < 4.78 is 33.5. The average Bonchev–Trinajstić information content (AvgIpc) is 3.25. The quantitative estimate of drug-likeness (QED) is 0.105. The summed E-state index contributed by atoms with van der Waals surface area (Å²) in [6, 6.07) is 10.4. The zero-order valence-electron chi connectivity index (χ0n) is 24.3. The van der Waals surface area contributed by atoms with Crippen LogP contribution in [-0.4, -0.2) is 88.7 Å². The van der Waals surface area contributed by atoms with Crippen LogP contribution in [0, 0.1) is 11.8 Å². The minimum absolute atomic E-state index is 0.00584. The highest BCUT2D eigenvalue weighted by molar-refractivity contribution is 5.66. The van der Waals surface area contributed by atoms with E-state index in [2.05, 4.69) is 30.3 Å². The fourth-order valence-electron chi connectivity index (χ4n) is 5.16. The Balaban J connectivity index is 1.99. The summed E-state index contributed by atoms with van der Waals surface area (Å²) in [6.07, 6.45) is 9.73. The lowest BCUT2D eigenvalue weighted by atomic mass is 9.85. The molecule has 1 fully saturated rings. The predicted octanol–water partition coefficient (Wildman–Crippen LogP) is 4.61. The molecule has 40 heavy (non-hydrogen) atoms. The summed E-state index contributed by atoms with van der Waals surface area (Å²) in [7, 11) is 3.28. The molecule has 0 bridgehead atoms. The minimum Gasteiger partial charge on any atom is -0.481 e. The zero-order chi connectivity index (χ0) is 28.8. The largest absolute Gasteiger partial charge is 0.481 e. The second-order valence-corrected chi connectivity index (χ2v) is 10.3. The van der Waals surface area contributed by atoms with Crippen LogP contribution in [0.5, 0.6) is 0 Å². The van der Waals surface area contributed by atoms with E-state index in [4.69, 9.17) is 33.5 Å². The Morgan fingerprint density at radius 2 is 1.70 bits per heavy atom. The van der Waals surface area contributed by atoms with Crippen LogP contribution in [0.4, 0.5) is 0 Å². The first-order valence-corrected chi connectivity index (χ1v) is 14.5. The van der Waals surface area contributed by atoms with E-state index in [1.165, 1.54) is 5.56 Å². The molecule has 0 heterocycles. The standard InChI is InChI=1S/C31H50O9/c1-35-18-20-37-23-39-26(15-14-25-10-6-5-7-11-25)16-17-28-27(12-8-3-4-9-13-31(33)34)29(32)22-30(28)40-24-38-21-19-36-2/h3,5-8,10-11,26-30,32H,4,9,12-24H2,1-2H3,(H,33,34)/b8-3-/t26-,27+,28+,29+,30+/m0/s1. The van der Waals surface area contributed by atoms with E-state index in [9.17, 15) is 9.90 Å². The fraction of sp³-hybridized carbons (Fsp3) is 0.710. The summed E-state index contributed by atoms with van der Waals surface area (Å²) in [6.45, 7) is 2.34. The van der Waals surface area contributed by atoms with Crippen LogP contribution in [0.2, 0.25) is 0 Å². The third-order valence-corrected chi connectivity index (χ3v) is 7.37. The topological polar surface area (TPSA) is 113 Å². The van der Waals surface area contributed by atoms with Gasteiger partial charge >= 0.3 is 5.97 Å². The van der Waals surface area contributed by atoms with Gasteiger partial charge in [-0.3, -0.25) is 4.79 Å². The SMILES string of the molecule is COCCOCO[C@@H](CCc1ccccc1)CC[C@@H]1[C@@H](C/C=C\CCCC(=O)O)[C@H](O)C[C@H]1OCOCCOC. The highest BCUT2D eigenvalue weighted by Gasteiger charge is 2.42. The van der Waals surface area contributed by atoms with Gasteiger partial charge in [-0.15, -0.1) is 0 Å². The normalized spacial score (nSPS) is 21.8. The van der Waals surface area contributed by atoms with Gasteiger partial charge in [-0.1, -0.05) is 42.5 Å². The molecule has 0 saturated heterocycles. The summed E-state index contributed by atoms with van der Waals surface area (Å²) in [5.41, 5.74) is 1.27. The number of ether oxygens (including phenoxy) is 6. The van der Waals surface area contributed by atoms with Gasteiger partial charge in [-0.25, -0.2) is 0 Å². The van der Waals surface area contributed by atoms with Crippen molar-refractivity contribution in [1.29, 1.82) is 0 Å². The molecule has 1 aliphatic carbocycles. The first-order valence-electron chi connectivity index (χ1n) is 14.5. The zero-order valence-corrected chi connectivity index (χ0v) is 24.3. The van der Waals surface area contributed by atoms with E-state index in [0.29, 0.717) is 45.7 Å². The fourth-order valence-corrected chi connectivity index (χ4v) is 5.16. The van der Waals surface area contributed by atoms with Gasteiger partial charge in [0.25, 0.3) is 0 Å². The summed E-state index contributed by atoms with van der Waals surface area (Å²) in [5, 5.41) is 19.8. The van der Waals surface area contributed by atoms with Crippen molar-refractivity contribution in [2.75, 3.05) is 54.2 Å². The van der Waals surface area contributed by atoms with Crippen molar-refractivity contribution in [2.24, 2.45) is 11.8 Å². The van der Waals surface area contributed by atoms with Gasteiger partial charge in [-0.2, -0.15) is 0 Å². The van der Waals surface area contributed by atoms with Gasteiger partial charge in [0.15, 0.2) is 0 Å². The number of aliphatic carboxylic acids is 1. The number of carboxylic acid groups (broad SMARTS) is 1. The maximum absolute atomic E-state index is 11.0. The third-order valence-electron chi connectivity index (χ3n) is 7.37. The monoisotopic (exact) mass is 566 g/mol. The number of aryl methyl sites for hydroxylation is 1. The number of aliphatic hydroxyl groups excluding tert-OH is 1. The van der Waals surface area contributed by atoms with Crippen LogP contribution in [-0.2, 0) is 39.6 Å². The van der Waals surface area contributed by atoms with Crippen LogP contribution in [0.1, 0.15) is 56.9 Å². The number of allylic oxidation sites excluding steroid dienone is 2. The molecule has 0 unspecified atom stereocenters. The van der Waals surface area contributed by atoms with Crippen LogP contribution >= 0.6 is 0 Å². The van der Waals surface area contributed by atoms with E-state index in [1.54, 1.807) is 14.2 Å². The molecule has 1 aliphatic rings. The van der Waals surface area contributed by atoms with E-state index < -0.39 is 12.1 Å². The van der Waals surface area contributed by atoms with Gasteiger partial charge < -0.3 is 38.6 Å². The maximum atomic E-state index is 11.0. The molecule has 2 rings (SSSR count). The lowest BCUT2D eigenvalue weighted by Gasteiger charge is -2.27. The number of aliphatic hydroxyl groups is 1. The molecule has 0 radical (unpaired) electrons. The van der Waals surface area contributed by atoms with E-state index in [1.807, 2.05) is 12.1 Å². The van der Waals surface area contributed by atoms with Crippen LogP contribution in [0.15, 0.2) is 42.5 Å². The molecule has 5 atom stereocenters. The highest BCUT2D eigenvalue weighted by atomic mass is 16.7. The molecule has 2 N–H and O–H groups in total. The third kappa shape index (κ3) is 14.7. The molecule has 1 aromatic carbocycles. The molecular formula is C31H50O9. The summed E-state index contributed by atoms with van der Waals surface area (Å²) in [4.78, 5) is 10.8. The van der Waals surface area contributed by atoms with Crippen LogP contribution < -0.4 is 0 Å². The molecule has 1 saturated carbocycles. The molecule has 0 aromatic heterocycles. The van der Waals surface area contributed by atoms with Gasteiger partial charge in [0.05, 0.1) is 44.7 Å². The van der Waals surface area contributed by atoms with Crippen LogP contribution in [0.3, 0.4) is 0 Å². The Bertz CT molecular complexity index is 788. The van der Waals surface area contributed by atoms with E-state index >= 15 is 0 Å². The van der Waals surface area contributed by atoms with Crippen molar-refractivity contribution >= 4 is 5.97 Å². The molecular weight excluding hydrogens is 516 g/mol. The van der Waals surface area contributed by atoms with E-state index in [0.717, 1.165) is 32.1 Å². The lowest BCUT2D eigenvalue weighted by molar-refractivity contribution is -0.137. The molecule has 228 valence electrons. The van der Waals surface area contributed by atoms with Crippen molar-refractivity contribution in [2.45, 2.75) is 76.1 Å². The van der Waals surface area contributed by atoms with Gasteiger partial charge in [0.1, 0.15) is 13.6 Å². The first kappa shape index (κ1) is 34.4. The number of hydrogen-bond acceptors (Lipinski definition) is 8. The molecule has 0 amide bonds. The Morgan fingerprint density at radius 1 is 0.975 bits per heavy atom. The number of carboxylic acids is 1. The Kier molecular flexibility index (Phi) is 18.8. The van der Waals surface area contributed by atoms with Gasteiger partial charge in [0, 0.05) is 27.1 Å². The van der Waals surface area contributed by atoms with Crippen LogP contribution in [0.25, 0.3) is 0 Å². The number of unbranched alkanes of at least 4 members (excludes halogenated alkanes) is 1. The molecule has 1 aromatic rings. The van der Waals surface area contributed by atoms with Crippen molar-refractivity contribution in [3.63, 3.8) is 0 Å². The lowest BCUT2D eigenvalue weighted by Crippen LogP contribution is -2.27.